The Morgan fingerprint density at radius 1 is 1.03 bits per heavy atom. The van der Waals surface area contributed by atoms with E-state index >= 15 is 0 Å². The molecular formula is C25H28N2O5. The van der Waals surface area contributed by atoms with E-state index in [0.717, 1.165) is 29.8 Å². The molecule has 0 saturated carbocycles. The Morgan fingerprint density at radius 2 is 1.69 bits per heavy atom. The van der Waals surface area contributed by atoms with Crippen LogP contribution in [-0.4, -0.2) is 71.1 Å². The number of hydrogen-bond acceptors (Lipinski definition) is 6. The summed E-state index contributed by atoms with van der Waals surface area (Å²) in [5.74, 6) is -1.86. The summed E-state index contributed by atoms with van der Waals surface area (Å²) >= 11 is 0. The molecule has 0 spiro atoms. The van der Waals surface area contributed by atoms with Gasteiger partial charge in [0.15, 0.2) is 0 Å². The van der Waals surface area contributed by atoms with Crippen molar-refractivity contribution in [3.8, 4) is 5.75 Å². The van der Waals surface area contributed by atoms with Crippen molar-refractivity contribution in [1.82, 2.24) is 9.80 Å². The van der Waals surface area contributed by atoms with Crippen molar-refractivity contribution in [3.05, 3.63) is 70.3 Å². The Balaban J connectivity index is 1.76. The number of aromatic hydroxyl groups is 1. The molecule has 0 unspecified atom stereocenters. The number of aliphatic hydroxyl groups is 1. The van der Waals surface area contributed by atoms with Gasteiger partial charge in [0.1, 0.15) is 11.5 Å². The number of carbonyl (C=O) groups excluding carboxylic acids is 2. The normalized spacial score (nSPS) is 21.3. The lowest BCUT2D eigenvalue weighted by molar-refractivity contribution is -0.140. The van der Waals surface area contributed by atoms with E-state index in [4.69, 9.17) is 4.74 Å². The molecule has 1 atom stereocenters. The molecule has 2 N–H and O–H groups in total. The van der Waals surface area contributed by atoms with Gasteiger partial charge in [-0.2, -0.15) is 0 Å². The molecule has 7 heteroatoms. The first-order chi connectivity index (χ1) is 15.4. The van der Waals surface area contributed by atoms with Crippen molar-refractivity contribution in [1.29, 1.82) is 0 Å². The van der Waals surface area contributed by atoms with Gasteiger partial charge in [-0.05, 0) is 42.7 Å². The molecule has 0 aromatic heterocycles. The van der Waals surface area contributed by atoms with Crippen LogP contribution in [0.3, 0.4) is 0 Å². The highest BCUT2D eigenvalue weighted by atomic mass is 16.5. The number of phenolic OH excluding ortho intramolecular Hbond substituents is 1. The lowest BCUT2D eigenvalue weighted by Crippen LogP contribution is -2.42. The van der Waals surface area contributed by atoms with E-state index in [-0.39, 0.29) is 22.6 Å². The Morgan fingerprint density at radius 3 is 2.38 bits per heavy atom. The Hall–Kier alpha value is -3.16. The molecule has 2 aliphatic heterocycles. The number of benzene rings is 2. The molecule has 2 aromatic carbocycles. The third kappa shape index (κ3) is 4.13. The molecule has 32 heavy (non-hydrogen) atoms. The molecule has 0 radical (unpaired) electrons. The number of aliphatic hydroxyl groups excluding tert-OH is 1. The first kappa shape index (κ1) is 22.0. The Kier molecular flexibility index (Phi) is 6.30. The molecule has 2 aliphatic rings. The number of amides is 1. The summed E-state index contributed by atoms with van der Waals surface area (Å²) in [4.78, 5) is 29.9. The number of Topliss-reactive ketones (excluding diaryl/α,β-unsaturated/α-hetero) is 1. The predicted molar refractivity (Wildman–Crippen MR) is 120 cm³/mol. The van der Waals surface area contributed by atoms with Crippen LogP contribution in [0.15, 0.2) is 48.0 Å². The van der Waals surface area contributed by atoms with Crippen LogP contribution >= 0.6 is 0 Å². The molecule has 4 rings (SSSR count). The van der Waals surface area contributed by atoms with E-state index < -0.39 is 17.7 Å². The van der Waals surface area contributed by atoms with Crippen LogP contribution < -0.4 is 0 Å². The number of ether oxygens (including phenoxy) is 1. The predicted octanol–water partition coefficient (Wildman–Crippen LogP) is 2.76. The van der Waals surface area contributed by atoms with Crippen molar-refractivity contribution in [3.63, 3.8) is 0 Å². The molecule has 0 bridgehead atoms. The summed E-state index contributed by atoms with van der Waals surface area (Å²) in [5, 5.41) is 21.6. The van der Waals surface area contributed by atoms with Crippen LogP contribution in [0.2, 0.25) is 0 Å². The summed E-state index contributed by atoms with van der Waals surface area (Å²) in [6, 6.07) is 11.7. The maximum atomic E-state index is 13.1. The molecule has 168 valence electrons. The van der Waals surface area contributed by atoms with Crippen LogP contribution in [-0.2, 0) is 14.3 Å². The van der Waals surface area contributed by atoms with E-state index in [9.17, 15) is 19.8 Å². The van der Waals surface area contributed by atoms with Crippen molar-refractivity contribution >= 4 is 17.4 Å². The zero-order valence-electron chi connectivity index (χ0n) is 18.4. The summed E-state index contributed by atoms with van der Waals surface area (Å²) in [7, 11) is 0. The van der Waals surface area contributed by atoms with Crippen LogP contribution in [0.1, 0.15) is 28.3 Å². The number of rotatable bonds is 5. The summed E-state index contributed by atoms with van der Waals surface area (Å²) < 4.78 is 5.39. The van der Waals surface area contributed by atoms with Crippen LogP contribution in [0.5, 0.6) is 5.75 Å². The third-order valence-electron chi connectivity index (χ3n) is 6.28. The van der Waals surface area contributed by atoms with Gasteiger partial charge in [-0.15, -0.1) is 0 Å². The number of carbonyl (C=O) groups is 2. The fraction of sp³-hybridized carbons (Fsp3) is 0.360. The van der Waals surface area contributed by atoms with Gasteiger partial charge in [0.2, 0.25) is 0 Å². The minimum absolute atomic E-state index is 0.00160. The first-order valence-corrected chi connectivity index (χ1v) is 10.8. The van der Waals surface area contributed by atoms with Crippen molar-refractivity contribution in [2.75, 3.05) is 39.4 Å². The van der Waals surface area contributed by atoms with E-state index in [1.165, 1.54) is 4.90 Å². The second-order valence-electron chi connectivity index (χ2n) is 8.31. The smallest absolute Gasteiger partial charge is 0.295 e. The van der Waals surface area contributed by atoms with Gasteiger partial charge in [-0.3, -0.25) is 14.5 Å². The lowest BCUT2D eigenvalue weighted by Gasteiger charge is -2.31. The van der Waals surface area contributed by atoms with E-state index in [2.05, 4.69) is 4.90 Å². The fourth-order valence-corrected chi connectivity index (χ4v) is 4.30. The zero-order valence-corrected chi connectivity index (χ0v) is 18.4. The van der Waals surface area contributed by atoms with Gasteiger partial charge in [-0.1, -0.05) is 30.3 Å². The number of nitrogens with zero attached hydrogens (tertiary/aromatic N) is 2. The molecule has 2 fully saturated rings. The minimum Gasteiger partial charge on any atom is -0.507 e. The van der Waals surface area contributed by atoms with Gasteiger partial charge >= 0.3 is 0 Å². The van der Waals surface area contributed by atoms with Gasteiger partial charge in [-0.25, -0.2) is 0 Å². The third-order valence-corrected chi connectivity index (χ3v) is 6.28. The van der Waals surface area contributed by atoms with E-state index in [0.29, 0.717) is 26.3 Å². The highest BCUT2D eigenvalue weighted by Gasteiger charge is 2.46. The fourth-order valence-electron chi connectivity index (χ4n) is 4.30. The monoisotopic (exact) mass is 436 g/mol. The number of likely N-dealkylation sites (tertiary alicyclic amines) is 1. The molecule has 1 amide bonds. The molecule has 2 saturated heterocycles. The maximum Gasteiger partial charge on any atom is 0.295 e. The molecule has 0 aliphatic carbocycles. The Labute approximate surface area is 187 Å². The van der Waals surface area contributed by atoms with Crippen molar-refractivity contribution in [2.45, 2.75) is 19.9 Å². The average Bonchev–Trinajstić information content (AvgIpc) is 3.05. The standard InChI is InChI=1S/C25H28N2O5/c1-16-14-19(20(28)15-17(16)2)23(29)21-22(18-6-4-3-5-7-18)27(25(31)24(21)30)9-8-26-10-12-32-13-11-26/h3-7,14-15,22,28-29H,8-13H2,1-2H3/t22-/m0/s1. The van der Waals surface area contributed by atoms with Gasteiger partial charge in [0, 0.05) is 26.2 Å². The number of phenols is 1. The molecule has 2 heterocycles. The largest absolute Gasteiger partial charge is 0.507 e. The molecular weight excluding hydrogens is 408 g/mol. The zero-order chi connectivity index (χ0) is 22.8. The van der Waals surface area contributed by atoms with Crippen molar-refractivity contribution < 1.29 is 24.5 Å². The van der Waals surface area contributed by atoms with E-state index in [1.54, 1.807) is 12.1 Å². The number of morpholine rings is 1. The topological polar surface area (TPSA) is 90.3 Å². The Bertz CT molecular complexity index is 1060. The minimum atomic E-state index is -0.740. The average molecular weight is 437 g/mol. The van der Waals surface area contributed by atoms with Crippen molar-refractivity contribution in [2.24, 2.45) is 0 Å². The maximum absolute atomic E-state index is 13.1. The highest BCUT2D eigenvalue weighted by Crippen LogP contribution is 2.41. The van der Waals surface area contributed by atoms with E-state index in [1.807, 2.05) is 44.2 Å². The second kappa shape index (κ2) is 9.14. The molecule has 2 aromatic rings. The van der Waals surface area contributed by atoms with Crippen LogP contribution in [0, 0.1) is 13.8 Å². The highest BCUT2D eigenvalue weighted by molar-refractivity contribution is 6.46. The number of aryl methyl sites for hydroxylation is 2. The second-order valence-corrected chi connectivity index (χ2v) is 8.31. The number of ketones is 1. The summed E-state index contributed by atoms with van der Waals surface area (Å²) in [6.07, 6.45) is 0. The number of hydrogen-bond donors (Lipinski definition) is 2. The lowest BCUT2D eigenvalue weighted by atomic mass is 9.94. The van der Waals surface area contributed by atoms with Crippen LogP contribution in [0.25, 0.3) is 5.76 Å². The van der Waals surface area contributed by atoms with Gasteiger partial charge in [0.05, 0.1) is 30.4 Å². The SMILES string of the molecule is Cc1cc(O)c(C(O)=C2C(=O)C(=O)N(CCN3CCOCC3)[C@H]2c2ccccc2)cc1C. The summed E-state index contributed by atoms with van der Waals surface area (Å²) in [5.41, 5.74) is 2.62. The van der Waals surface area contributed by atoms with Gasteiger partial charge in [0.25, 0.3) is 11.7 Å². The quantitative estimate of drug-likeness (QED) is 0.426. The molecule has 7 nitrogen and oxygen atoms in total. The van der Waals surface area contributed by atoms with Gasteiger partial charge < -0.3 is 19.8 Å². The van der Waals surface area contributed by atoms with Crippen LogP contribution in [0.4, 0.5) is 0 Å². The first-order valence-electron chi connectivity index (χ1n) is 10.8. The summed E-state index contributed by atoms with van der Waals surface area (Å²) in [6.45, 7) is 7.51.